The molecule has 1 atom stereocenters. The van der Waals surface area contributed by atoms with Gasteiger partial charge in [0.15, 0.2) is 0 Å². The lowest BCUT2D eigenvalue weighted by molar-refractivity contribution is -0.120. The van der Waals surface area contributed by atoms with Gasteiger partial charge in [-0.15, -0.1) is 0 Å². The lowest BCUT2D eigenvalue weighted by atomic mass is 9.97. The predicted molar refractivity (Wildman–Crippen MR) is 107 cm³/mol. The van der Waals surface area contributed by atoms with E-state index in [9.17, 15) is 4.79 Å². The van der Waals surface area contributed by atoms with E-state index < -0.39 is 0 Å². The van der Waals surface area contributed by atoms with Gasteiger partial charge >= 0.3 is 0 Å². The van der Waals surface area contributed by atoms with Crippen LogP contribution < -0.4 is 5.32 Å². The maximum absolute atomic E-state index is 12.8. The van der Waals surface area contributed by atoms with Crippen LogP contribution in [0, 0.1) is 20.8 Å². The van der Waals surface area contributed by atoms with Crippen LogP contribution in [0.5, 0.6) is 0 Å². The van der Waals surface area contributed by atoms with Gasteiger partial charge in [-0.3, -0.25) is 4.79 Å². The van der Waals surface area contributed by atoms with Crippen LogP contribution in [0.25, 0.3) is 0 Å². The second-order valence-electron chi connectivity index (χ2n) is 6.93. The highest BCUT2D eigenvalue weighted by Gasteiger charge is 2.17. The van der Waals surface area contributed by atoms with Gasteiger partial charge < -0.3 is 5.32 Å². The SMILES string of the molecule is Cc1ccc(C(NC(=O)Cc2cc(C)ccc2C)c2ccccc2)cc1. The minimum atomic E-state index is -0.144. The molecule has 3 rings (SSSR count). The second kappa shape index (κ2) is 8.01. The Hall–Kier alpha value is -2.87. The molecule has 0 bridgehead atoms. The first kappa shape index (κ1) is 17.9. The van der Waals surface area contributed by atoms with E-state index in [0.29, 0.717) is 6.42 Å². The van der Waals surface area contributed by atoms with E-state index in [0.717, 1.165) is 22.3 Å². The van der Waals surface area contributed by atoms with Crippen LogP contribution >= 0.6 is 0 Å². The molecule has 0 aliphatic rings. The molecule has 2 heteroatoms. The van der Waals surface area contributed by atoms with Crippen molar-refractivity contribution in [2.75, 3.05) is 0 Å². The molecule has 2 nitrogen and oxygen atoms in total. The van der Waals surface area contributed by atoms with Gasteiger partial charge in [0.2, 0.25) is 5.91 Å². The Labute approximate surface area is 155 Å². The fraction of sp³-hybridized carbons (Fsp3) is 0.208. The average molecular weight is 343 g/mol. The molecule has 0 heterocycles. The van der Waals surface area contributed by atoms with E-state index in [1.165, 1.54) is 11.1 Å². The Morgan fingerprint density at radius 3 is 2.12 bits per heavy atom. The third-order valence-electron chi connectivity index (χ3n) is 4.70. The van der Waals surface area contributed by atoms with E-state index in [-0.39, 0.29) is 11.9 Å². The van der Waals surface area contributed by atoms with Crippen LogP contribution in [-0.2, 0) is 11.2 Å². The predicted octanol–water partition coefficient (Wildman–Crippen LogP) is 5.06. The Kier molecular flexibility index (Phi) is 5.52. The van der Waals surface area contributed by atoms with Crippen molar-refractivity contribution < 1.29 is 4.79 Å². The Morgan fingerprint density at radius 1 is 0.808 bits per heavy atom. The molecule has 0 radical (unpaired) electrons. The van der Waals surface area contributed by atoms with Crippen LogP contribution in [-0.4, -0.2) is 5.91 Å². The van der Waals surface area contributed by atoms with E-state index in [1.54, 1.807) is 0 Å². The highest BCUT2D eigenvalue weighted by molar-refractivity contribution is 5.80. The van der Waals surface area contributed by atoms with Gasteiger partial charge in [0, 0.05) is 0 Å². The van der Waals surface area contributed by atoms with E-state index in [1.807, 2.05) is 18.2 Å². The molecule has 3 aromatic carbocycles. The highest BCUT2D eigenvalue weighted by atomic mass is 16.1. The van der Waals surface area contributed by atoms with Crippen molar-refractivity contribution in [2.45, 2.75) is 33.2 Å². The third kappa shape index (κ3) is 4.40. The van der Waals surface area contributed by atoms with Gasteiger partial charge in [-0.05, 0) is 43.0 Å². The second-order valence-corrected chi connectivity index (χ2v) is 6.93. The zero-order valence-electron chi connectivity index (χ0n) is 15.6. The summed E-state index contributed by atoms with van der Waals surface area (Å²) in [5.74, 6) is 0.0353. The first-order valence-corrected chi connectivity index (χ1v) is 9.00. The topological polar surface area (TPSA) is 29.1 Å². The summed E-state index contributed by atoms with van der Waals surface area (Å²) in [6, 6.07) is 24.6. The van der Waals surface area contributed by atoms with Crippen LogP contribution in [0.15, 0.2) is 72.8 Å². The molecule has 0 fully saturated rings. The van der Waals surface area contributed by atoms with Gasteiger partial charge in [-0.25, -0.2) is 0 Å². The average Bonchev–Trinajstić information content (AvgIpc) is 2.64. The van der Waals surface area contributed by atoms with Crippen LogP contribution in [0.2, 0.25) is 0 Å². The summed E-state index contributed by atoms with van der Waals surface area (Å²) in [6.45, 7) is 6.18. The number of hydrogen-bond donors (Lipinski definition) is 1. The first-order chi connectivity index (χ1) is 12.5. The maximum Gasteiger partial charge on any atom is 0.225 e. The Balaban J connectivity index is 1.84. The lowest BCUT2D eigenvalue weighted by Crippen LogP contribution is -2.30. The fourth-order valence-electron chi connectivity index (χ4n) is 3.14. The molecule has 132 valence electrons. The van der Waals surface area contributed by atoms with E-state index in [4.69, 9.17) is 0 Å². The van der Waals surface area contributed by atoms with Crippen molar-refractivity contribution in [3.8, 4) is 0 Å². The van der Waals surface area contributed by atoms with Crippen LogP contribution in [0.3, 0.4) is 0 Å². The van der Waals surface area contributed by atoms with E-state index in [2.05, 4.69) is 80.7 Å². The fourth-order valence-corrected chi connectivity index (χ4v) is 3.14. The normalized spacial score (nSPS) is 11.8. The van der Waals surface area contributed by atoms with Gasteiger partial charge in [0.1, 0.15) is 0 Å². The Bertz CT molecular complexity index is 882. The summed E-state index contributed by atoms with van der Waals surface area (Å²) in [5, 5.41) is 3.23. The summed E-state index contributed by atoms with van der Waals surface area (Å²) >= 11 is 0. The maximum atomic E-state index is 12.8. The van der Waals surface area contributed by atoms with Crippen LogP contribution in [0.4, 0.5) is 0 Å². The van der Waals surface area contributed by atoms with Crippen molar-refractivity contribution in [1.29, 1.82) is 0 Å². The number of nitrogens with one attached hydrogen (secondary N) is 1. The molecule has 26 heavy (non-hydrogen) atoms. The molecular formula is C24H25NO. The zero-order chi connectivity index (χ0) is 18.5. The Morgan fingerprint density at radius 2 is 1.42 bits per heavy atom. The number of amides is 1. The van der Waals surface area contributed by atoms with Gasteiger partial charge in [-0.1, -0.05) is 83.9 Å². The number of carbonyl (C=O) groups excluding carboxylic acids is 1. The van der Waals surface area contributed by atoms with Crippen molar-refractivity contribution in [2.24, 2.45) is 0 Å². The summed E-state index contributed by atoms with van der Waals surface area (Å²) < 4.78 is 0. The summed E-state index contributed by atoms with van der Waals surface area (Å²) in [5.41, 5.74) is 6.80. The molecule has 0 saturated heterocycles. The standard InChI is InChI=1S/C24H25NO/c1-17-10-13-21(14-11-17)24(20-7-5-4-6-8-20)25-23(26)16-22-15-18(2)9-12-19(22)3/h4-15,24H,16H2,1-3H3,(H,25,26). The zero-order valence-corrected chi connectivity index (χ0v) is 15.6. The number of rotatable bonds is 5. The third-order valence-corrected chi connectivity index (χ3v) is 4.70. The molecule has 1 unspecified atom stereocenters. The lowest BCUT2D eigenvalue weighted by Gasteiger charge is -2.20. The summed E-state index contributed by atoms with van der Waals surface area (Å²) in [6.07, 6.45) is 0.392. The molecule has 0 aromatic heterocycles. The van der Waals surface area contributed by atoms with Gasteiger partial charge in [-0.2, -0.15) is 0 Å². The molecule has 0 aliphatic heterocycles. The number of carbonyl (C=O) groups is 1. The van der Waals surface area contributed by atoms with Gasteiger partial charge in [0.05, 0.1) is 12.5 Å². The number of aryl methyl sites for hydroxylation is 3. The molecule has 3 aromatic rings. The first-order valence-electron chi connectivity index (χ1n) is 9.00. The molecule has 1 N–H and O–H groups in total. The quantitative estimate of drug-likeness (QED) is 0.689. The molecule has 1 amide bonds. The molecule has 0 saturated carbocycles. The van der Waals surface area contributed by atoms with Crippen molar-refractivity contribution in [3.05, 3.63) is 106 Å². The highest BCUT2D eigenvalue weighted by Crippen LogP contribution is 2.23. The number of benzene rings is 3. The molecule has 0 aliphatic carbocycles. The van der Waals surface area contributed by atoms with Crippen molar-refractivity contribution in [3.63, 3.8) is 0 Å². The number of hydrogen-bond acceptors (Lipinski definition) is 1. The molecular weight excluding hydrogens is 318 g/mol. The molecule has 0 spiro atoms. The van der Waals surface area contributed by atoms with E-state index >= 15 is 0 Å². The monoisotopic (exact) mass is 343 g/mol. The smallest absolute Gasteiger partial charge is 0.225 e. The van der Waals surface area contributed by atoms with Crippen molar-refractivity contribution in [1.82, 2.24) is 5.32 Å². The minimum absolute atomic E-state index is 0.0353. The minimum Gasteiger partial charge on any atom is -0.345 e. The van der Waals surface area contributed by atoms with Gasteiger partial charge in [0.25, 0.3) is 0 Å². The largest absolute Gasteiger partial charge is 0.345 e. The summed E-state index contributed by atoms with van der Waals surface area (Å²) in [7, 11) is 0. The summed E-state index contributed by atoms with van der Waals surface area (Å²) in [4.78, 5) is 12.8. The van der Waals surface area contributed by atoms with Crippen molar-refractivity contribution >= 4 is 5.91 Å². The van der Waals surface area contributed by atoms with Crippen LogP contribution in [0.1, 0.15) is 39.4 Å².